The number of benzene rings is 1. The van der Waals surface area contributed by atoms with Crippen LogP contribution in [0.3, 0.4) is 0 Å². The molecule has 0 unspecified atom stereocenters. The first kappa shape index (κ1) is 11.4. The molecule has 18 heavy (non-hydrogen) atoms. The molecular weight excluding hydrogens is 228 g/mol. The van der Waals surface area contributed by atoms with Gasteiger partial charge in [0.15, 0.2) is 11.5 Å². The van der Waals surface area contributed by atoms with Crippen LogP contribution in [0.5, 0.6) is 11.5 Å². The van der Waals surface area contributed by atoms with Gasteiger partial charge in [-0.15, -0.1) is 0 Å². The summed E-state index contributed by atoms with van der Waals surface area (Å²) in [7, 11) is 0. The summed E-state index contributed by atoms with van der Waals surface area (Å²) in [6.07, 6.45) is 4.06. The van der Waals surface area contributed by atoms with E-state index >= 15 is 0 Å². The molecule has 0 amide bonds. The number of fused-ring (bicyclic) bond motifs is 1. The molecule has 2 heterocycles. The Balaban J connectivity index is 1.88. The predicted octanol–water partition coefficient (Wildman–Crippen LogP) is 2.82. The van der Waals surface area contributed by atoms with Gasteiger partial charge in [-0.3, -0.25) is 5.41 Å². The van der Waals surface area contributed by atoms with Crippen LogP contribution in [-0.4, -0.2) is 25.6 Å². The normalized spacial score (nSPS) is 19.6. The first-order chi connectivity index (χ1) is 8.84. The van der Waals surface area contributed by atoms with Crippen molar-refractivity contribution in [3.05, 3.63) is 18.2 Å². The Morgan fingerprint density at radius 3 is 2.67 bits per heavy atom. The Kier molecular flexibility index (Phi) is 3.09. The minimum atomic E-state index is 0.702. The van der Waals surface area contributed by atoms with E-state index in [0.717, 1.165) is 49.4 Å². The summed E-state index contributed by atoms with van der Waals surface area (Å²) in [5.74, 6) is 2.33. The minimum absolute atomic E-state index is 0.702. The van der Waals surface area contributed by atoms with Crippen molar-refractivity contribution in [1.29, 1.82) is 5.41 Å². The largest absolute Gasteiger partial charge is 0.490 e. The molecule has 0 radical (unpaired) electrons. The average Bonchev–Trinajstić information content (AvgIpc) is 2.63. The lowest BCUT2D eigenvalue weighted by molar-refractivity contribution is 0.297. The van der Waals surface area contributed by atoms with Gasteiger partial charge < -0.3 is 14.4 Å². The summed E-state index contributed by atoms with van der Waals surface area (Å²) in [5, 5.41) is 8.02. The Hall–Kier alpha value is -1.71. The summed E-state index contributed by atoms with van der Waals surface area (Å²) in [6, 6.07) is 5.98. The predicted molar refractivity (Wildman–Crippen MR) is 71.0 cm³/mol. The number of ether oxygens (including phenoxy) is 2. The van der Waals surface area contributed by atoms with Gasteiger partial charge in [0.1, 0.15) is 5.84 Å². The van der Waals surface area contributed by atoms with Crippen molar-refractivity contribution in [3.8, 4) is 11.5 Å². The Labute approximate surface area is 107 Å². The highest BCUT2D eigenvalue weighted by Gasteiger charge is 2.19. The monoisotopic (exact) mass is 246 g/mol. The zero-order valence-corrected chi connectivity index (χ0v) is 10.4. The van der Waals surface area contributed by atoms with Crippen LogP contribution in [0.15, 0.2) is 18.2 Å². The summed E-state index contributed by atoms with van der Waals surface area (Å²) in [6.45, 7) is 2.35. The van der Waals surface area contributed by atoms with Gasteiger partial charge in [0, 0.05) is 31.1 Å². The topological polar surface area (TPSA) is 45.6 Å². The van der Waals surface area contributed by atoms with Crippen LogP contribution in [0.2, 0.25) is 0 Å². The van der Waals surface area contributed by atoms with Gasteiger partial charge in [-0.1, -0.05) is 0 Å². The van der Waals surface area contributed by atoms with Crippen molar-refractivity contribution in [2.75, 3.05) is 24.7 Å². The summed E-state index contributed by atoms with van der Waals surface area (Å²) >= 11 is 0. The van der Waals surface area contributed by atoms with Crippen molar-refractivity contribution < 1.29 is 9.47 Å². The van der Waals surface area contributed by atoms with E-state index in [0.29, 0.717) is 19.0 Å². The molecule has 1 aromatic carbocycles. The number of nitrogens with one attached hydrogen (secondary N) is 1. The van der Waals surface area contributed by atoms with E-state index in [9.17, 15) is 0 Å². The zero-order chi connectivity index (χ0) is 12.4. The highest BCUT2D eigenvalue weighted by molar-refractivity contribution is 5.96. The quantitative estimate of drug-likeness (QED) is 0.828. The third kappa shape index (κ3) is 2.15. The van der Waals surface area contributed by atoms with Crippen LogP contribution in [0.1, 0.15) is 25.7 Å². The molecule has 0 aliphatic carbocycles. The molecule has 96 valence electrons. The highest BCUT2D eigenvalue weighted by atomic mass is 16.5. The number of rotatable bonds is 1. The van der Waals surface area contributed by atoms with Crippen molar-refractivity contribution in [2.24, 2.45) is 0 Å². The van der Waals surface area contributed by atoms with Gasteiger partial charge in [-0.2, -0.15) is 0 Å². The second kappa shape index (κ2) is 4.88. The number of amidine groups is 1. The molecule has 0 bridgehead atoms. The molecule has 0 saturated carbocycles. The Morgan fingerprint density at radius 2 is 1.83 bits per heavy atom. The van der Waals surface area contributed by atoms with E-state index in [1.807, 2.05) is 18.2 Å². The molecule has 1 aromatic rings. The van der Waals surface area contributed by atoms with Crippen molar-refractivity contribution in [2.45, 2.75) is 25.7 Å². The molecule has 2 aliphatic heterocycles. The second-order valence-electron chi connectivity index (χ2n) is 4.74. The van der Waals surface area contributed by atoms with Gasteiger partial charge >= 0.3 is 0 Å². The average molecular weight is 246 g/mol. The van der Waals surface area contributed by atoms with Crippen molar-refractivity contribution >= 4 is 11.5 Å². The second-order valence-corrected chi connectivity index (χ2v) is 4.74. The smallest absolute Gasteiger partial charge is 0.163 e. The number of anilines is 1. The first-order valence-corrected chi connectivity index (χ1v) is 6.59. The van der Waals surface area contributed by atoms with Gasteiger partial charge in [0.2, 0.25) is 0 Å². The van der Waals surface area contributed by atoms with E-state index in [1.54, 1.807) is 0 Å². The lowest BCUT2D eigenvalue weighted by atomic mass is 10.1. The number of piperidine rings is 1. The van der Waals surface area contributed by atoms with Crippen LogP contribution in [0.25, 0.3) is 0 Å². The maximum Gasteiger partial charge on any atom is 0.163 e. The summed E-state index contributed by atoms with van der Waals surface area (Å²) < 4.78 is 11.3. The fraction of sp³-hybridized carbons (Fsp3) is 0.500. The fourth-order valence-corrected chi connectivity index (χ4v) is 2.44. The summed E-state index contributed by atoms with van der Waals surface area (Å²) in [4.78, 5) is 2.07. The lowest BCUT2D eigenvalue weighted by Crippen LogP contribution is -2.34. The third-order valence-electron chi connectivity index (χ3n) is 3.41. The van der Waals surface area contributed by atoms with Gasteiger partial charge in [-0.25, -0.2) is 0 Å². The van der Waals surface area contributed by atoms with Crippen molar-refractivity contribution in [1.82, 2.24) is 0 Å². The molecule has 1 saturated heterocycles. The number of hydrogen-bond acceptors (Lipinski definition) is 3. The molecular formula is C14H18N2O2. The SMILES string of the molecule is N=C1CCCCN1c1ccc2c(c1)OCCCO2. The van der Waals surface area contributed by atoms with E-state index in [-0.39, 0.29) is 0 Å². The van der Waals surface area contributed by atoms with Crippen LogP contribution >= 0.6 is 0 Å². The minimum Gasteiger partial charge on any atom is -0.490 e. The maximum atomic E-state index is 8.02. The van der Waals surface area contributed by atoms with Gasteiger partial charge in [-0.05, 0) is 25.0 Å². The molecule has 0 aromatic heterocycles. The molecule has 0 atom stereocenters. The van der Waals surface area contributed by atoms with E-state index in [1.165, 1.54) is 0 Å². The molecule has 1 fully saturated rings. The van der Waals surface area contributed by atoms with Crippen LogP contribution < -0.4 is 14.4 Å². The molecule has 4 heteroatoms. The van der Waals surface area contributed by atoms with E-state index in [2.05, 4.69) is 4.90 Å². The molecule has 4 nitrogen and oxygen atoms in total. The molecule has 1 N–H and O–H groups in total. The lowest BCUT2D eigenvalue weighted by Gasteiger charge is -2.29. The molecule has 0 spiro atoms. The standard InChI is InChI=1S/C14H18N2O2/c15-14-4-1-2-7-16(14)11-5-6-12-13(10-11)18-9-3-8-17-12/h5-6,10,15H,1-4,7-9H2. The van der Waals surface area contributed by atoms with E-state index in [4.69, 9.17) is 14.9 Å². The summed E-state index contributed by atoms with van der Waals surface area (Å²) in [5.41, 5.74) is 1.05. The van der Waals surface area contributed by atoms with Gasteiger partial charge in [0.05, 0.1) is 13.2 Å². The van der Waals surface area contributed by atoms with Crippen LogP contribution in [0.4, 0.5) is 5.69 Å². The number of nitrogens with zero attached hydrogens (tertiary/aromatic N) is 1. The molecule has 3 rings (SSSR count). The van der Waals surface area contributed by atoms with Gasteiger partial charge in [0.25, 0.3) is 0 Å². The third-order valence-corrected chi connectivity index (χ3v) is 3.41. The first-order valence-electron chi connectivity index (χ1n) is 6.59. The molecule has 2 aliphatic rings. The van der Waals surface area contributed by atoms with Crippen LogP contribution in [0, 0.1) is 5.41 Å². The number of hydrogen-bond donors (Lipinski definition) is 1. The zero-order valence-electron chi connectivity index (χ0n) is 10.4. The van der Waals surface area contributed by atoms with Crippen molar-refractivity contribution in [3.63, 3.8) is 0 Å². The highest BCUT2D eigenvalue weighted by Crippen LogP contribution is 2.34. The van der Waals surface area contributed by atoms with E-state index < -0.39 is 0 Å². The Morgan fingerprint density at radius 1 is 1.00 bits per heavy atom. The fourth-order valence-electron chi connectivity index (χ4n) is 2.44. The Bertz CT molecular complexity index is 459. The van der Waals surface area contributed by atoms with Crippen LogP contribution in [-0.2, 0) is 0 Å². The maximum absolute atomic E-state index is 8.02.